The Hall–Kier alpha value is -0.260. The summed E-state index contributed by atoms with van der Waals surface area (Å²) in [5, 5.41) is 8.43. The number of carboxylic acid groups (broad SMARTS) is 1. The summed E-state index contributed by atoms with van der Waals surface area (Å²) in [5.41, 5.74) is 10.6. The number of hydrogen-bond donors (Lipinski definition) is 3. The van der Waals surface area contributed by atoms with Crippen LogP contribution in [0.1, 0.15) is 12.8 Å². The Morgan fingerprint density at radius 1 is 1.50 bits per heavy atom. The third-order valence-corrected chi connectivity index (χ3v) is 2.48. The van der Waals surface area contributed by atoms with Crippen molar-refractivity contribution in [3.63, 3.8) is 0 Å². The fourth-order valence-electron chi connectivity index (χ4n) is 0.621. The van der Waals surface area contributed by atoms with Crippen molar-refractivity contribution in [1.82, 2.24) is 0 Å². The summed E-state index contributed by atoms with van der Waals surface area (Å²) in [7, 11) is 0. The standard InChI is InChI=1S/C7H16N2O2S/c8-3-1-4-12-5-2-6(9)7(10)11/h6H,1-5,8-9H2,(H,10,11)/t6-/m1/s1. The highest BCUT2D eigenvalue weighted by Crippen LogP contribution is 2.05. The third kappa shape index (κ3) is 6.45. The number of rotatable bonds is 7. The molecule has 0 aliphatic carbocycles. The first-order valence-corrected chi connectivity index (χ1v) is 5.10. The van der Waals surface area contributed by atoms with Crippen molar-refractivity contribution in [3.8, 4) is 0 Å². The second-order valence-electron chi connectivity index (χ2n) is 2.49. The van der Waals surface area contributed by atoms with E-state index in [0.29, 0.717) is 13.0 Å². The molecule has 0 radical (unpaired) electrons. The molecule has 5 heteroatoms. The van der Waals surface area contributed by atoms with E-state index in [0.717, 1.165) is 17.9 Å². The highest BCUT2D eigenvalue weighted by Gasteiger charge is 2.09. The van der Waals surface area contributed by atoms with Gasteiger partial charge in [-0.25, -0.2) is 0 Å². The zero-order chi connectivity index (χ0) is 9.40. The summed E-state index contributed by atoms with van der Waals surface area (Å²) in [4.78, 5) is 10.3. The predicted molar refractivity (Wildman–Crippen MR) is 51.2 cm³/mol. The lowest BCUT2D eigenvalue weighted by Gasteiger charge is -2.04. The van der Waals surface area contributed by atoms with Crippen LogP contribution in [0.25, 0.3) is 0 Å². The van der Waals surface area contributed by atoms with Crippen LogP contribution in [-0.4, -0.2) is 35.2 Å². The van der Waals surface area contributed by atoms with Gasteiger partial charge < -0.3 is 16.6 Å². The summed E-state index contributed by atoms with van der Waals surface area (Å²) >= 11 is 1.70. The van der Waals surface area contributed by atoms with Gasteiger partial charge in [0.05, 0.1) is 0 Å². The van der Waals surface area contributed by atoms with Crippen molar-refractivity contribution in [2.45, 2.75) is 18.9 Å². The number of nitrogens with two attached hydrogens (primary N) is 2. The van der Waals surface area contributed by atoms with Crippen LogP contribution in [-0.2, 0) is 4.79 Å². The zero-order valence-electron chi connectivity index (χ0n) is 7.03. The molecule has 72 valence electrons. The average Bonchev–Trinajstić information content (AvgIpc) is 2.03. The van der Waals surface area contributed by atoms with Gasteiger partial charge in [0.15, 0.2) is 0 Å². The van der Waals surface area contributed by atoms with Crippen LogP contribution >= 0.6 is 11.8 Å². The molecule has 0 aliphatic rings. The number of thioether (sulfide) groups is 1. The zero-order valence-corrected chi connectivity index (χ0v) is 7.85. The van der Waals surface area contributed by atoms with Crippen molar-refractivity contribution in [2.75, 3.05) is 18.1 Å². The molecule has 0 heterocycles. The number of aliphatic carboxylic acids is 1. The lowest BCUT2D eigenvalue weighted by molar-refractivity contribution is -0.138. The maximum absolute atomic E-state index is 10.3. The van der Waals surface area contributed by atoms with Crippen molar-refractivity contribution in [2.24, 2.45) is 11.5 Å². The minimum atomic E-state index is -0.922. The van der Waals surface area contributed by atoms with E-state index in [4.69, 9.17) is 16.6 Å². The van der Waals surface area contributed by atoms with Crippen LogP contribution in [0.3, 0.4) is 0 Å². The Labute approximate surface area is 76.7 Å². The maximum atomic E-state index is 10.3. The number of carboxylic acids is 1. The van der Waals surface area contributed by atoms with Crippen LogP contribution < -0.4 is 11.5 Å². The quantitative estimate of drug-likeness (QED) is 0.489. The third-order valence-electron chi connectivity index (χ3n) is 1.38. The molecule has 0 saturated heterocycles. The van der Waals surface area contributed by atoms with E-state index >= 15 is 0 Å². The largest absolute Gasteiger partial charge is 0.480 e. The monoisotopic (exact) mass is 192 g/mol. The van der Waals surface area contributed by atoms with Gasteiger partial charge in [-0.15, -0.1) is 0 Å². The summed E-state index contributed by atoms with van der Waals surface area (Å²) in [6.07, 6.45) is 1.51. The Bertz CT molecular complexity index is 133. The molecule has 0 spiro atoms. The van der Waals surface area contributed by atoms with Crippen molar-refractivity contribution < 1.29 is 9.90 Å². The van der Waals surface area contributed by atoms with E-state index in [1.807, 2.05) is 0 Å². The van der Waals surface area contributed by atoms with Gasteiger partial charge in [0.1, 0.15) is 6.04 Å². The van der Waals surface area contributed by atoms with E-state index in [1.54, 1.807) is 11.8 Å². The first-order valence-electron chi connectivity index (χ1n) is 3.94. The van der Waals surface area contributed by atoms with Crippen LogP contribution in [0.2, 0.25) is 0 Å². The lowest BCUT2D eigenvalue weighted by atomic mass is 10.2. The normalized spacial score (nSPS) is 12.8. The molecular weight excluding hydrogens is 176 g/mol. The van der Waals surface area contributed by atoms with Gasteiger partial charge in [0, 0.05) is 0 Å². The second-order valence-corrected chi connectivity index (χ2v) is 3.71. The van der Waals surface area contributed by atoms with Gasteiger partial charge in [-0.3, -0.25) is 4.79 Å². The molecule has 0 aromatic rings. The molecule has 0 unspecified atom stereocenters. The molecule has 0 bridgehead atoms. The smallest absolute Gasteiger partial charge is 0.320 e. The van der Waals surface area contributed by atoms with Crippen LogP contribution in [0.5, 0.6) is 0 Å². The molecule has 0 aromatic carbocycles. The van der Waals surface area contributed by atoms with Crippen molar-refractivity contribution >= 4 is 17.7 Å². The molecule has 12 heavy (non-hydrogen) atoms. The van der Waals surface area contributed by atoms with Gasteiger partial charge in [-0.05, 0) is 30.9 Å². The van der Waals surface area contributed by atoms with Gasteiger partial charge in [-0.2, -0.15) is 11.8 Å². The minimum absolute atomic E-state index is 0.532. The molecule has 0 fully saturated rings. The summed E-state index contributed by atoms with van der Waals surface area (Å²) < 4.78 is 0. The molecule has 0 rings (SSSR count). The van der Waals surface area contributed by atoms with Gasteiger partial charge in [0.2, 0.25) is 0 Å². The maximum Gasteiger partial charge on any atom is 0.320 e. The van der Waals surface area contributed by atoms with Gasteiger partial charge in [0.25, 0.3) is 0 Å². The summed E-state index contributed by atoms with van der Waals surface area (Å²) in [5.74, 6) is 0.866. The minimum Gasteiger partial charge on any atom is -0.480 e. The van der Waals surface area contributed by atoms with Crippen LogP contribution in [0, 0.1) is 0 Å². The highest BCUT2D eigenvalue weighted by atomic mass is 32.2. The predicted octanol–water partition coefficient (Wildman–Crippen LogP) is -0.130. The lowest BCUT2D eigenvalue weighted by Crippen LogP contribution is -2.30. The van der Waals surface area contributed by atoms with Gasteiger partial charge >= 0.3 is 5.97 Å². The van der Waals surface area contributed by atoms with Crippen molar-refractivity contribution in [3.05, 3.63) is 0 Å². The Morgan fingerprint density at radius 3 is 2.67 bits per heavy atom. The molecule has 5 N–H and O–H groups in total. The van der Waals surface area contributed by atoms with E-state index in [9.17, 15) is 4.79 Å². The average molecular weight is 192 g/mol. The Kier molecular flexibility index (Phi) is 7.23. The Balaban J connectivity index is 3.14. The summed E-state index contributed by atoms with van der Waals surface area (Å²) in [6.45, 7) is 0.692. The molecule has 0 aromatic heterocycles. The van der Waals surface area contributed by atoms with E-state index in [2.05, 4.69) is 0 Å². The van der Waals surface area contributed by atoms with E-state index in [1.165, 1.54) is 0 Å². The highest BCUT2D eigenvalue weighted by molar-refractivity contribution is 7.99. The molecule has 0 saturated carbocycles. The van der Waals surface area contributed by atoms with E-state index in [-0.39, 0.29) is 0 Å². The van der Waals surface area contributed by atoms with E-state index < -0.39 is 12.0 Å². The fourth-order valence-corrected chi connectivity index (χ4v) is 1.62. The van der Waals surface area contributed by atoms with Crippen molar-refractivity contribution in [1.29, 1.82) is 0 Å². The Morgan fingerprint density at radius 2 is 2.17 bits per heavy atom. The fraction of sp³-hybridized carbons (Fsp3) is 0.857. The SMILES string of the molecule is NCCCSCC[C@@H](N)C(=O)O. The van der Waals surface area contributed by atoms with Gasteiger partial charge in [-0.1, -0.05) is 0 Å². The molecule has 1 atom stereocenters. The summed E-state index contributed by atoms with van der Waals surface area (Å²) in [6, 6.07) is -0.713. The molecule has 0 aliphatic heterocycles. The first kappa shape index (κ1) is 11.7. The topological polar surface area (TPSA) is 89.3 Å². The number of carbonyl (C=O) groups is 1. The van der Waals surface area contributed by atoms with Crippen LogP contribution in [0.4, 0.5) is 0 Å². The second kappa shape index (κ2) is 7.39. The molecular formula is C7H16N2O2S. The number of hydrogen-bond acceptors (Lipinski definition) is 4. The molecule has 4 nitrogen and oxygen atoms in total. The molecule has 0 amide bonds. The van der Waals surface area contributed by atoms with Crippen LogP contribution in [0.15, 0.2) is 0 Å². The first-order chi connectivity index (χ1) is 5.68.